The highest BCUT2D eigenvalue weighted by atomic mass is 35.5. The first kappa shape index (κ1) is 15.5. The lowest BCUT2D eigenvalue weighted by molar-refractivity contribution is -0.139. The lowest BCUT2D eigenvalue weighted by Crippen LogP contribution is -2.14. The van der Waals surface area contributed by atoms with E-state index in [0.717, 1.165) is 5.56 Å². The van der Waals surface area contributed by atoms with Gasteiger partial charge in [-0.15, -0.1) is 11.3 Å². The molecule has 0 bridgehead atoms. The predicted molar refractivity (Wildman–Crippen MR) is 89.6 cm³/mol. The van der Waals surface area contributed by atoms with Crippen molar-refractivity contribution >= 4 is 39.9 Å². The minimum absolute atomic E-state index is 0.0602. The Morgan fingerprint density at radius 2 is 2.22 bits per heavy atom. The summed E-state index contributed by atoms with van der Waals surface area (Å²) in [6.45, 7) is -0.0602. The van der Waals surface area contributed by atoms with Crippen LogP contribution in [0.4, 0.5) is 0 Å². The third-order valence-electron chi connectivity index (χ3n) is 3.02. The minimum atomic E-state index is -0.530. The molecule has 3 rings (SSSR count). The van der Waals surface area contributed by atoms with Gasteiger partial charge in [0.1, 0.15) is 6.61 Å². The van der Waals surface area contributed by atoms with Crippen molar-refractivity contribution in [2.75, 3.05) is 0 Å². The third kappa shape index (κ3) is 3.67. The smallest absolute Gasteiger partial charge is 0.331 e. The second-order valence-electron chi connectivity index (χ2n) is 4.60. The van der Waals surface area contributed by atoms with E-state index >= 15 is 0 Å². The van der Waals surface area contributed by atoms with E-state index in [-0.39, 0.29) is 12.2 Å². The lowest BCUT2D eigenvalue weighted by Gasteiger charge is -2.02. The largest absolute Gasteiger partial charge is 0.456 e. The van der Waals surface area contributed by atoms with Gasteiger partial charge >= 0.3 is 5.97 Å². The normalized spacial score (nSPS) is 11.2. The molecule has 0 N–H and O–H groups in total. The molecule has 0 unspecified atom stereocenters. The van der Waals surface area contributed by atoms with Crippen molar-refractivity contribution in [1.82, 2.24) is 9.38 Å². The average molecular weight is 347 g/mol. The highest BCUT2D eigenvalue weighted by Gasteiger charge is 2.05. The van der Waals surface area contributed by atoms with Crippen LogP contribution in [0.3, 0.4) is 0 Å². The van der Waals surface area contributed by atoms with Crippen LogP contribution >= 0.6 is 22.9 Å². The van der Waals surface area contributed by atoms with Crippen molar-refractivity contribution < 1.29 is 9.53 Å². The number of fused-ring (bicyclic) bond motifs is 1. The van der Waals surface area contributed by atoms with E-state index in [9.17, 15) is 9.59 Å². The van der Waals surface area contributed by atoms with Gasteiger partial charge in [-0.25, -0.2) is 9.78 Å². The van der Waals surface area contributed by atoms with Crippen LogP contribution in [0.15, 0.2) is 52.8 Å². The maximum atomic E-state index is 11.8. The molecule has 0 saturated heterocycles. The number of rotatable bonds is 4. The van der Waals surface area contributed by atoms with Crippen LogP contribution in [-0.2, 0) is 16.1 Å². The molecule has 0 saturated carbocycles. The Labute approximate surface area is 140 Å². The van der Waals surface area contributed by atoms with Crippen LogP contribution in [0.25, 0.3) is 11.0 Å². The van der Waals surface area contributed by atoms with Gasteiger partial charge in [0.25, 0.3) is 5.56 Å². The average Bonchev–Trinajstić information content (AvgIpc) is 3.01. The van der Waals surface area contributed by atoms with Crippen molar-refractivity contribution in [3.8, 4) is 0 Å². The fraction of sp³-hybridized carbons (Fsp3) is 0.0625. The molecule has 0 aliphatic rings. The SMILES string of the molecule is O=C(C=Cc1ccccc1Cl)OCc1cc(=O)n2ccsc2n1. The molecule has 7 heteroatoms. The van der Waals surface area contributed by atoms with Crippen molar-refractivity contribution in [3.63, 3.8) is 0 Å². The van der Waals surface area contributed by atoms with E-state index in [0.29, 0.717) is 15.7 Å². The molecular weight excluding hydrogens is 336 g/mol. The number of ether oxygens (including phenoxy) is 1. The molecule has 23 heavy (non-hydrogen) atoms. The van der Waals surface area contributed by atoms with Crippen molar-refractivity contribution in [2.45, 2.75) is 6.61 Å². The molecule has 0 spiro atoms. The molecule has 116 valence electrons. The molecule has 2 heterocycles. The maximum absolute atomic E-state index is 11.8. The third-order valence-corrected chi connectivity index (χ3v) is 4.12. The van der Waals surface area contributed by atoms with E-state index in [1.54, 1.807) is 29.8 Å². The van der Waals surface area contributed by atoms with Crippen LogP contribution in [0, 0.1) is 0 Å². The molecular formula is C16H11ClN2O3S. The number of carbonyl (C=O) groups excluding carboxylic acids is 1. The molecule has 0 fully saturated rings. The number of thiazole rings is 1. The van der Waals surface area contributed by atoms with E-state index in [1.165, 1.54) is 27.9 Å². The number of nitrogens with zero attached hydrogens (tertiary/aromatic N) is 2. The van der Waals surface area contributed by atoms with Gasteiger partial charge in [0, 0.05) is 28.7 Å². The quantitative estimate of drug-likeness (QED) is 0.538. The Balaban J connectivity index is 1.66. The summed E-state index contributed by atoms with van der Waals surface area (Å²) in [5.41, 5.74) is 0.938. The number of halogens is 1. The standard InChI is InChI=1S/C16H11ClN2O3S/c17-13-4-2-1-3-11(13)5-6-15(21)22-10-12-9-14(20)19-7-8-23-16(19)18-12/h1-9H,10H2. The van der Waals surface area contributed by atoms with Gasteiger partial charge < -0.3 is 4.74 Å². The van der Waals surface area contributed by atoms with Gasteiger partial charge in [0.2, 0.25) is 0 Å². The van der Waals surface area contributed by atoms with Gasteiger partial charge in [0.05, 0.1) is 5.69 Å². The van der Waals surface area contributed by atoms with E-state index in [1.807, 2.05) is 12.1 Å². The Bertz CT molecular complexity index is 946. The number of esters is 1. The van der Waals surface area contributed by atoms with E-state index in [4.69, 9.17) is 16.3 Å². The summed E-state index contributed by atoms with van der Waals surface area (Å²) in [6.07, 6.45) is 4.52. The summed E-state index contributed by atoms with van der Waals surface area (Å²) in [5.74, 6) is -0.530. The van der Waals surface area contributed by atoms with E-state index in [2.05, 4.69) is 4.98 Å². The predicted octanol–water partition coefficient (Wildman–Crippen LogP) is 3.17. The van der Waals surface area contributed by atoms with E-state index < -0.39 is 5.97 Å². The zero-order valence-corrected chi connectivity index (χ0v) is 13.4. The minimum Gasteiger partial charge on any atom is -0.456 e. The number of benzene rings is 1. The Kier molecular flexibility index (Phi) is 4.55. The van der Waals surface area contributed by atoms with Gasteiger partial charge in [0.15, 0.2) is 4.96 Å². The van der Waals surface area contributed by atoms with Crippen molar-refractivity contribution in [3.05, 3.63) is 74.6 Å². The molecule has 1 aromatic carbocycles. The fourth-order valence-electron chi connectivity index (χ4n) is 1.92. The van der Waals surface area contributed by atoms with Gasteiger partial charge in [-0.2, -0.15) is 0 Å². The van der Waals surface area contributed by atoms with Crippen LogP contribution in [0.1, 0.15) is 11.3 Å². The first-order chi connectivity index (χ1) is 11.1. The van der Waals surface area contributed by atoms with Gasteiger partial charge in [-0.3, -0.25) is 9.20 Å². The van der Waals surface area contributed by atoms with Crippen molar-refractivity contribution in [2.24, 2.45) is 0 Å². The number of aromatic nitrogens is 2. The number of carbonyl (C=O) groups is 1. The summed E-state index contributed by atoms with van der Waals surface area (Å²) in [5, 5.41) is 2.32. The monoisotopic (exact) mass is 346 g/mol. The zero-order chi connectivity index (χ0) is 16.2. The zero-order valence-electron chi connectivity index (χ0n) is 11.8. The Morgan fingerprint density at radius 1 is 1.39 bits per heavy atom. The highest BCUT2D eigenvalue weighted by molar-refractivity contribution is 7.15. The van der Waals surface area contributed by atoms with Gasteiger partial charge in [-0.1, -0.05) is 29.8 Å². The maximum Gasteiger partial charge on any atom is 0.331 e. The second kappa shape index (κ2) is 6.76. The molecule has 0 amide bonds. The lowest BCUT2D eigenvalue weighted by atomic mass is 10.2. The van der Waals surface area contributed by atoms with Gasteiger partial charge in [-0.05, 0) is 17.7 Å². The van der Waals surface area contributed by atoms with Crippen LogP contribution in [-0.4, -0.2) is 15.4 Å². The molecule has 0 aliphatic carbocycles. The molecule has 0 radical (unpaired) electrons. The first-order valence-electron chi connectivity index (χ1n) is 6.68. The summed E-state index contributed by atoms with van der Waals surface area (Å²) >= 11 is 7.34. The summed E-state index contributed by atoms with van der Waals surface area (Å²) in [6, 6.07) is 8.51. The molecule has 2 aromatic heterocycles. The molecule has 5 nitrogen and oxygen atoms in total. The molecule has 3 aromatic rings. The van der Waals surface area contributed by atoms with Crippen LogP contribution < -0.4 is 5.56 Å². The summed E-state index contributed by atoms with van der Waals surface area (Å²) in [4.78, 5) is 28.4. The molecule has 0 atom stereocenters. The second-order valence-corrected chi connectivity index (χ2v) is 5.88. The summed E-state index contributed by atoms with van der Waals surface area (Å²) in [7, 11) is 0. The fourth-order valence-corrected chi connectivity index (χ4v) is 2.86. The summed E-state index contributed by atoms with van der Waals surface area (Å²) < 4.78 is 6.53. The topological polar surface area (TPSA) is 60.7 Å². The Morgan fingerprint density at radius 3 is 3.04 bits per heavy atom. The number of hydrogen-bond donors (Lipinski definition) is 0. The highest BCUT2D eigenvalue weighted by Crippen LogP contribution is 2.16. The van der Waals surface area contributed by atoms with Crippen LogP contribution in [0.2, 0.25) is 5.02 Å². The van der Waals surface area contributed by atoms with Crippen LogP contribution in [0.5, 0.6) is 0 Å². The first-order valence-corrected chi connectivity index (χ1v) is 7.94. The number of hydrogen-bond acceptors (Lipinski definition) is 5. The molecule has 0 aliphatic heterocycles. The Hall–Kier alpha value is -2.44. The van der Waals surface area contributed by atoms with Crippen molar-refractivity contribution in [1.29, 1.82) is 0 Å².